The molecule has 0 radical (unpaired) electrons. The van der Waals surface area contributed by atoms with Gasteiger partial charge >= 0.3 is 5.97 Å². The molecule has 0 saturated carbocycles. The van der Waals surface area contributed by atoms with Crippen LogP contribution in [0, 0.1) is 5.92 Å². The van der Waals surface area contributed by atoms with Crippen molar-refractivity contribution >= 4 is 5.97 Å². The minimum absolute atomic E-state index is 0.0351. The summed E-state index contributed by atoms with van der Waals surface area (Å²) in [5, 5.41) is 0. The topological polar surface area (TPSA) is 26.3 Å². The first-order valence-corrected chi connectivity index (χ1v) is 7.92. The van der Waals surface area contributed by atoms with Crippen molar-refractivity contribution in [2.24, 2.45) is 5.92 Å². The van der Waals surface area contributed by atoms with Crippen LogP contribution in [-0.2, 0) is 9.53 Å². The van der Waals surface area contributed by atoms with Gasteiger partial charge in [-0.3, -0.25) is 4.79 Å². The van der Waals surface area contributed by atoms with E-state index in [0.29, 0.717) is 12.3 Å². The van der Waals surface area contributed by atoms with Crippen molar-refractivity contribution in [3.05, 3.63) is 12.2 Å². The number of unbranched alkanes of at least 4 members (excludes halogenated alkanes) is 5. The van der Waals surface area contributed by atoms with Gasteiger partial charge < -0.3 is 4.74 Å². The maximum absolute atomic E-state index is 11.5. The third kappa shape index (κ3) is 12.0. The maximum Gasteiger partial charge on any atom is 0.306 e. The van der Waals surface area contributed by atoms with Crippen molar-refractivity contribution in [1.82, 2.24) is 0 Å². The lowest BCUT2D eigenvalue weighted by Gasteiger charge is -2.16. The van der Waals surface area contributed by atoms with Crippen LogP contribution in [0.25, 0.3) is 0 Å². The Labute approximate surface area is 119 Å². The highest BCUT2D eigenvalue weighted by atomic mass is 16.5. The van der Waals surface area contributed by atoms with Crippen LogP contribution in [0.4, 0.5) is 0 Å². The minimum atomic E-state index is -0.0351. The molecule has 1 unspecified atom stereocenters. The second-order valence-corrected chi connectivity index (χ2v) is 5.63. The normalized spacial score (nSPS) is 13.1. The predicted octanol–water partition coefficient (Wildman–Crippen LogP) is 5.27. The fourth-order valence-electron chi connectivity index (χ4n) is 1.75. The molecule has 1 atom stereocenters. The van der Waals surface area contributed by atoms with E-state index < -0.39 is 0 Å². The minimum Gasteiger partial charge on any atom is -0.462 e. The first kappa shape index (κ1) is 18.2. The molecule has 0 bridgehead atoms. The number of allylic oxidation sites excluding steroid dienone is 2. The van der Waals surface area contributed by atoms with Crippen LogP contribution in [0.5, 0.6) is 0 Å². The molecule has 0 fully saturated rings. The molecule has 112 valence electrons. The van der Waals surface area contributed by atoms with Gasteiger partial charge in [-0.15, -0.1) is 0 Å². The van der Waals surface area contributed by atoms with E-state index in [-0.39, 0.29) is 12.1 Å². The van der Waals surface area contributed by atoms with Crippen LogP contribution in [0.1, 0.15) is 79.1 Å². The van der Waals surface area contributed by atoms with E-state index >= 15 is 0 Å². The van der Waals surface area contributed by atoms with E-state index in [2.05, 4.69) is 32.9 Å². The highest BCUT2D eigenvalue weighted by Crippen LogP contribution is 2.11. The van der Waals surface area contributed by atoms with Gasteiger partial charge in [-0.1, -0.05) is 52.2 Å². The summed E-state index contributed by atoms with van der Waals surface area (Å²) >= 11 is 0. The Morgan fingerprint density at radius 1 is 1.00 bits per heavy atom. The van der Waals surface area contributed by atoms with Crippen molar-refractivity contribution in [2.75, 3.05) is 0 Å². The van der Waals surface area contributed by atoms with E-state index in [4.69, 9.17) is 4.74 Å². The Kier molecular flexibility index (Phi) is 11.7. The zero-order chi connectivity index (χ0) is 14.5. The summed E-state index contributed by atoms with van der Waals surface area (Å²) in [5.41, 5.74) is 0. The van der Waals surface area contributed by atoms with Crippen LogP contribution < -0.4 is 0 Å². The van der Waals surface area contributed by atoms with Gasteiger partial charge in [-0.2, -0.15) is 0 Å². The molecule has 0 aliphatic carbocycles. The number of carbonyl (C=O) groups is 1. The first-order valence-electron chi connectivity index (χ1n) is 7.92. The lowest BCUT2D eigenvalue weighted by atomic mass is 10.1. The molecule has 0 spiro atoms. The highest BCUT2D eigenvalue weighted by Gasteiger charge is 2.12. The molecule has 0 aliphatic heterocycles. The molecule has 0 aliphatic rings. The highest BCUT2D eigenvalue weighted by molar-refractivity contribution is 5.69. The Morgan fingerprint density at radius 2 is 1.63 bits per heavy atom. The van der Waals surface area contributed by atoms with Gasteiger partial charge in [-0.25, -0.2) is 0 Å². The molecular formula is C17H32O2. The van der Waals surface area contributed by atoms with Crippen molar-refractivity contribution in [1.29, 1.82) is 0 Å². The van der Waals surface area contributed by atoms with Gasteiger partial charge in [0.15, 0.2) is 0 Å². The molecule has 0 N–H and O–H groups in total. The van der Waals surface area contributed by atoms with Gasteiger partial charge in [0.2, 0.25) is 0 Å². The SMILES string of the molecule is CC/C=C/CCCCCCCC(=O)OC(C)C(C)C. The summed E-state index contributed by atoms with van der Waals surface area (Å²) in [4.78, 5) is 11.5. The van der Waals surface area contributed by atoms with E-state index in [1.807, 2.05) is 6.92 Å². The van der Waals surface area contributed by atoms with Crippen LogP contribution in [0.3, 0.4) is 0 Å². The number of hydrogen-bond donors (Lipinski definition) is 0. The Balaban J connectivity index is 3.34. The van der Waals surface area contributed by atoms with E-state index in [1.165, 1.54) is 25.7 Å². The van der Waals surface area contributed by atoms with Gasteiger partial charge in [0.1, 0.15) is 6.10 Å². The lowest BCUT2D eigenvalue weighted by molar-refractivity contribution is -0.150. The maximum atomic E-state index is 11.5. The van der Waals surface area contributed by atoms with E-state index in [1.54, 1.807) is 0 Å². The third-order valence-corrected chi connectivity index (χ3v) is 3.41. The van der Waals surface area contributed by atoms with Gasteiger partial charge in [0, 0.05) is 6.42 Å². The van der Waals surface area contributed by atoms with Crippen LogP contribution in [0.15, 0.2) is 12.2 Å². The lowest BCUT2D eigenvalue weighted by Crippen LogP contribution is -2.19. The van der Waals surface area contributed by atoms with Crippen molar-refractivity contribution in [2.45, 2.75) is 85.2 Å². The molecule has 0 aromatic carbocycles. The summed E-state index contributed by atoms with van der Waals surface area (Å²) in [6.07, 6.45) is 13.3. The summed E-state index contributed by atoms with van der Waals surface area (Å²) in [6.45, 7) is 8.28. The molecule has 0 aromatic heterocycles. The predicted molar refractivity (Wildman–Crippen MR) is 82.1 cm³/mol. The first-order chi connectivity index (χ1) is 9.07. The average molecular weight is 268 g/mol. The smallest absolute Gasteiger partial charge is 0.306 e. The summed E-state index contributed by atoms with van der Waals surface area (Å²) in [6, 6.07) is 0. The molecule has 19 heavy (non-hydrogen) atoms. The summed E-state index contributed by atoms with van der Waals surface area (Å²) in [7, 11) is 0. The summed E-state index contributed by atoms with van der Waals surface area (Å²) < 4.78 is 5.34. The number of ether oxygens (including phenoxy) is 1. The van der Waals surface area contributed by atoms with E-state index in [0.717, 1.165) is 19.3 Å². The molecule has 0 heterocycles. The Morgan fingerprint density at radius 3 is 2.26 bits per heavy atom. The molecule has 2 nitrogen and oxygen atoms in total. The zero-order valence-corrected chi connectivity index (χ0v) is 13.3. The second-order valence-electron chi connectivity index (χ2n) is 5.63. The van der Waals surface area contributed by atoms with Gasteiger partial charge in [0.25, 0.3) is 0 Å². The standard InChI is InChI=1S/C17H32O2/c1-5-6-7-8-9-10-11-12-13-14-17(18)19-16(4)15(2)3/h6-7,15-16H,5,8-14H2,1-4H3/b7-6+. The largest absolute Gasteiger partial charge is 0.462 e. The molecule has 0 amide bonds. The van der Waals surface area contributed by atoms with E-state index in [9.17, 15) is 4.79 Å². The Bertz CT molecular complexity index is 244. The molecular weight excluding hydrogens is 236 g/mol. The second kappa shape index (κ2) is 12.3. The fraction of sp³-hybridized carbons (Fsp3) is 0.824. The molecule has 0 aromatic rings. The molecule has 0 rings (SSSR count). The van der Waals surface area contributed by atoms with Crippen molar-refractivity contribution in [3.8, 4) is 0 Å². The monoisotopic (exact) mass is 268 g/mol. The van der Waals surface area contributed by atoms with Gasteiger partial charge in [0.05, 0.1) is 0 Å². The van der Waals surface area contributed by atoms with Crippen LogP contribution in [-0.4, -0.2) is 12.1 Å². The van der Waals surface area contributed by atoms with Gasteiger partial charge in [-0.05, 0) is 38.5 Å². The van der Waals surface area contributed by atoms with Crippen LogP contribution >= 0.6 is 0 Å². The van der Waals surface area contributed by atoms with Crippen molar-refractivity contribution in [3.63, 3.8) is 0 Å². The number of carbonyl (C=O) groups excluding carboxylic acids is 1. The quantitative estimate of drug-likeness (QED) is 0.290. The number of rotatable bonds is 11. The molecule has 2 heteroatoms. The van der Waals surface area contributed by atoms with Crippen LogP contribution in [0.2, 0.25) is 0 Å². The average Bonchev–Trinajstić information content (AvgIpc) is 2.36. The third-order valence-electron chi connectivity index (χ3n) is 3.41. The Hall–Kier alpha value is -0.790. The molecule has 0 saturated heterocycles. The summed E-state index contributed by atoms with van der Waals surface area (Å²) in [5.74, 6) is 0.368. The zero-order valence-electron chi connectivity index (χ0n) is 13.3. The fourth-order valence-corrected chi connectivity index (χ4v) is 1.75. The number of hydrogen-bond acceptors (Lipinski definition) is 2. The van der Waals surface area contributed by atoms with Crippen molar-refractivity contribution < 1.29 is 9.53 Å². The number of esters is 1.